The van der Waals surface area contributed by atoms with Crippen LogP contribution in [0, 0.1) is 10.1 Å². The molecule has 0 aliphatic rings. The Morgan fingerprint density at radius 1 is 1.15 bits per heavy atom. The fraction of sp³-hybridized carbons (Fsp3) is 0.0625. The van der Waals surface area contributed by atoms with Crippen molar-refractivity contribution in [3.8, 4) is 0 Å². The maximum absolute atomic E-state index is 11.8. The van der Waals surface area contributed by atoms with Crippen molar-refractivity contribution < 1.29 is 14.5 Å². The molecule has 0 radical (unpaired) electrons. The lowest BCUT2D eigenvalue weighted by atomic mass is 10.2. The predicted octanol–water partition coefficient (Wildman–Crippen LogP) is 2.78. The molecule has 26 heavy (non-hydrogen) atoms. The van der Waals surface area contributed by atoms with E-state index in [0.717, 1.165) is 0 Å². The number of halogens is 2. The second kappa shape index (κ2) is 8.93. The monoisotopic (exact) mass is 394 g/mol. The summed E-state index contributed by atoms with van der Waals surface area (Å²) in [7, 11) is 0. The highest BCUT2D eigenvalue weighted by Crippen LogP contribution is 2.24. The predicted molar refractivity (Wildman–Crippen MR) is 97.6 cm³/mol. The van der Waals surface area contributed by atoms with Gasteiger partial charge < -0.3 is 5.32 Å². The van der Waals surface area contributed by atoms with E-state index >= 15 is 0 Å². The maximum Gasteiger partial charge on any atom is 0.288 e. The fourth-order valence-corrected chi connectivity index (χ4v) is 2.14. The van der Waals surface area contributed by atoms with Crippen molar-refractivity contribution in [3.05, 3.63) is 73.8 Å². The Morgan fingerprint density at radius 3 is 2.50 bits per heavy atom. The summed E-state index contributed by atoms with van der Waals surface area (Å²) in [6.45, 7) is -0.292. The number of nitrogens with zero attached hydrogens (tertiary/aromatic N) is 2. The molecule has 134 valence electrons. The molecule has 2 N–H and O–H groups in total. The largest absolute Gasteiger partial charge is 0.343 e. The molecule has 2 aromatic carbocycles. The molecular formula is C16H12Cl2N4O4. The molecule has 2 rings (SSSR count). The van der Waals surface area contributed by atoms with Crippen LogP contribution in [0.4, 0.5) is 5.69 Å². The summed E-state index contributed by atoms with van der Waals surface area (Å²) < 4.78 is 0. The molecule has 0 fully saturated rings. The van der Waals surface area contributed by atoms with E-state index in [9.17, 15) is 19.7 Å². The van der Waals surface area contributed by atoms with Crippen molar-refractivity contribution in [3.63, 3.8) is 0 Å². The normalized spacial score (nSPS) is 10.5. The van der Waals surface area contributed by atoms with Gasteiger partial charge in [-0.25, -0.2) is 5.43 Å². The average molecular weight is 395 g/mol. The number of benzene rings is 2. The van der Waals surface area contributed by atoms with Crippen LogP contribution in [0.5, 0.6) is 0 Å². The SMILES string of the molecule is O=C(CNC(=O)c1ccc(Cl)cc1)N/N=C/c1ccc(Cl)c([N+](=O)[O-])c1. The lowest BCUT2D eigenvalue weighted by molar-refractivity contribution is -0.384. The fourth-order valence-electron chi connectivity index (χ4n) is 1.83. The number of carbonyl (C=O) groups is 2. The van der Waals surface area contributed by atoms with Crippen molar-refractivity contribution in [1.29, 1.82) is 0 Å². The lowest BCUT2D eigenvalue weighted by Crippen LogP contribution is -2.34. The van der Waals surface area contributed by atoms with Gasteiger partial charge in [0.2, 0.25) is 0 Å². The van der Waals surface area contributed by atoms with Crippen molar-refractivity contribution in [1.82, 2.24) is 10.7 Å². The number of carbonyl (C=O) groups excluding carboxylic acids is 2. The van der Waals surface area contributed by atoms with Crippen LogP contribution >= 0.6 is 23.2 Å². The van der Waals surface area contributed by atoms with Crippen molar-refractivity contribution in [2.45, 2.75) is 0 Å². The van der Waals surface area contributed by atoms with E-state index in [1.165, 1.54) is 36.5 Å². The van der Waals surface area contributed by atoms with Gasteiger partial charge in [0.05, 0.1) is 17.7 Å². The van der Waals surface area contributed by atoms with E-state index in [1.807, 2.05) is 0 Å². The molecule has 0 aliphatic heterocycles. The highest BCUT2D eigenvalue weighted by atomic mass is 35.5. The number of nitro benzene ring substituents is 1. The molecule has 0 atom stereocenters. The highest BCUT2D eigenvalue weighted by Gasteiger charge is 2.12. The second-order valence-electron chi connectivity index (χ2n) is 4.95. The zero-order valence-electron chi connectivity index (χ0n) is 13.1. The van der Waals surface area contributed by atoms with Gasteiger partial charge in [-0.2, -0.15) is 5.10 Å². The van der Waals surface area contributed by atoms with Gasteiger partial charge in [0.1, 0.15) is 5.02 Å². The summed E-state index contributed by atoms with van der Waals surface area (Å²) in [5.74, 6) is -0.999. The average Bonchev–Trinajstić information content (AvgIpc) is 2.61. The summed E-state index contributed by atoms with van der Waals surface area (Å²) in [4.78, 5) is 33.7. The van der Waals surface area contributed by atoms with E-state index in [4.69, 9.17) is 23.2 Å². The molecule has 8 nitrogen and oxygen atoms in total. The van der Waals surface area contributed by atoms with Crippen LogP contribution in [0.1, 0.15) is 15.9 Å². The van der Waals surface area contributed by atoms with Gasteiger partial charge in [0, 0.05) is 22.2 Å². The molecular weight excluding hydrogens is 383 g/mol. The Morgan fingerprint density at radius 2 is 1.85 bits per heavy atom. The number of hydrogen-bond acceptors (Lipinski definition) is 5. The third kappa shape index (κ3) is 5.54. The smallest absolute Gasteiger partial charge is 0.288 e. The number of hydrazone groups is 1. The van der Waals surface area contributed by atoms with Crippen molar-refractivity contribution in [2.24, 2.45) is 5.10 Å². The first-order valence-electron chi connectivity index (χ1n) is 7.16. The molecule has 0 unspecified atom stereocenters. The van der Waals surface area contributed by atoms with Crippen LogP contribution in [0.15, 0.2) is 47.6 Å². The van der Waals surface area contributed by atoms with Crippen LogP contribution in [0.3, 0.4) is 0 Å². The van der Waals surface area contributed by atoms with Crippen molar-refractivity contribution >= 4 is 46.9 Å². The number of hydrogen-bond donors (Lipinski definition) is 2. The molecule has 0 heterocycles. The Bertz CT molecular complexity index is 869. The van der Waals surface area contributed by atoms with Crippen LogP contribution in [-0.4, -0.2) is 29.5 Å². The zero-order valence-corrected chi connectivity index (χ0v) is 14.6. The molecule has 10 heteroatoms. The van der Waals surface area contributed by atoms with Crippen LogP contribution in [0.2, 0.25) is 10.0 Å². The topological polar surface area (TPSA) is 114 Å². The van der Waals surface area contributed by atoms with Crippen LogP contribution in [0.25, 0.3) is 0 Å². The van der Waals surface area contributed by atoms with Gasteiger partial charge in [0.25, 0.3) is 17.5 Å². The molecule has 0 aromatic heterocycles. The third-order valence-corrected chi connectivity index (χ3v) is 3.66. The molecule has 0 saturated heterocycles. The zero-order chi connectivity index (χ0) is 19.1. The first-order valence-corrected chi connectivity index (χ1v) is 7.92. The lowest BCUT2D eigenvalue weighted by Gasteiger charge is -2.04. The Balaban J connectivity index is 1.85. The number of nitrogens with one attached hydrogen (secondary N) is 2. The summed E-state index contributed by atoms with van der Waals surface area (Å²) in [5.41, 5.74) is 2.68. The summed E-state index contributed by atoms with van der Waals surface area (Å²) in [6.07, 6.45) is 1.22. The molecule has 0 aliphatic carbocycles. The Kier molecular flexibility index (Phi) is 6.65. The van der Waals surface area contributed by atoms with Crippen LogP contribution in [-0.2, 0) is 4.79 Å². The minimum atomic E-state index is -0.620. The minimum absolute atomic E-state index is 0.00102. The van der Waals surface area contributed by atoms with Gasteiger partial charge in [-0.05, 0) is 30.3 Å². The summed E-state index contributed by atoms with van der Waals surface area (Å²) >= 11 is 11.4. The van der Waals surface area contributed by atoms with E-state index in [2.05, 4.69) is 15.8 Å². The summed E-state index contributed by atoms with van der Waals surface area (Å²) in [6, 6.07) is 10.3. The van der Waals surface area contributed by atoms with Gasteiger partial charge in [0.15, 0.2) is 0 Å². The quantitative estimate of drug-likeness (QED) is 0.445. The van der Waals surface area contributed by atoms with Gasteiger partial charge in [-0.1, -0.05) is 29.3 Å². The van der Waals surface area contributed by atoms with Crippen LogP contribution < -0.4 is 10.7 Å². The molecule has 0 bridgehead atoms. The Hall–Kier alpha value is -2.97. The van der Waals surface area contributed by atoms with Gasteiger partial charge in [-0.3, -0.25) is 19.7 Å². The first-order chi connectivity index (χ1) is 12.4. The van der Waals surface area contributed by atoms with Crippen molar-refractivity contribution in [2.75, 3.05) is 6.54 Å². The van der Waals surface area contributed by atoms with E-state index in [1.54, 1.807) is 12.1 Å². The van der Waals surface area contributed by atoms with E-state index in [0.29, 0.717) is 16.1 Å². The number of rotatable bonds is 6. The number of nitro groups is 1. The maximum atomic E-state index is 11.8. The third-order valence-electron chi connectivity index (χ3n) is 3.09. The second-order valence-corrected chi connectivity index (χ2v) is 5.79. The molecule has 2 aromatic rings. The Labute approximate surface area is 157 Å². The molecule has 0 spiro atoms. The molecule has 2 amide bonds. The number of amides is 2. The van der Waals surface area contributed by atoms with Gasteiger partial charge >= 0.3 is 0 Å². The van der Waals surface area contributed by atoms with E-state index in [-0.39, 0.29) is 17.3 Å². The standard InChI is InChI=1S/C16H12Cl2N4O4/c17-12-4-2-11(3-5-12)16(24)19-9-15(23)21-20-8-10-1-6-13(18)14(7-10)22(25)26/h1-8H,9H2,(H,19,24)(H,21,23)/b20-8+. The van der Waals surface area contributed by atoms with Gasteiger partial charge in [-0.15, -0.1) is 0 Å². The first kappa shape index (κ1) is 19.4. The molecule has 0 saturated carbocycles. The highest BCUT2D eigenvalue weighted by molar-refractivity contribution is 6.32. The minimum Gasteiger partial charge on any atom is -0.343 e. The van der Waals surface area contributed by atoms with E-state index < -0.39 is 16.7 Å². The summed E-state index contributed by atoms with van der Waals surface area (Å²) in [5, 5.41) is 17.4.